The molecule has 0 fully saturated rings. The van der Waals surface area contributed by atoms with E-state index in [9.17, 15) is 9.59 Å². The van der Waals surface area contributed by atoms with Gasteiger partial charge in [-0.05, 0) is 51.0 Å². The Morgan fingerprint density at radius 1 is 0.622 bits per heavy atom. The highest BCUT2D eigenvalue weighted by atomic mass is 16.5. The summed E-state index contributed by atoms with van der Waals surface area (Å²) >= 11 is 0. The summed E-state index contributed by atoms with van der Waals surface area (Å²) in [4.78, 5) is 28.2. The van der Waals surface area contributed by atoms with Crippen LogP contribution in [0.5, 0.6) is 23.0 Å². The first-order valence-electron chi connectivity index (χ1n) is 14.9. The van der Waals surface area contributed by atoms with Crippen LogP contribution in [0.25, 0.3) is 22.6 Å². The van der Waals surface area contributed by atoms with Crippen molar-refractivity contribution in [2.45, 2.75) is 48.0 Å². The molecule has 0 bridgehead atoms. The summed E-state index contributed by atoms with van der Waals surface area (Å²) < 4.78 is 34.1. The highest BCUT2D eigenvalue weighted by Crippen LogP contribution is 2.42. The van der Waals surface area contributed by atoms with E-state index in [2.05, 4.69) is 20.1 Å². The summed E-state index contributed by atoms with van der Waals surface area (Å²) in [5, 5.41) is 8.48. The lowest BCUT2D eigenvalue weighted by Crippen LogP contribution is -2.21. The van der Waals surface area contributed by atoms with Gasteiger partial charge in [0.05, 0.1) is 25.3 Å². The average Bonchev–Trinajstić information content (AvgIpc) is 3.70. The smallest absolute Gasteiger partial charge is 0.308 e. The third-order valence-corrected chi connectivity index (χ3v) is 7.35. The van der Waals surface area contributed by atoms with E-state index < -0.39 is 11.9 Å². The van der Waals surface area contributed by atoms with Gasteiger partial charge in [-0.2, -0.15) is 0 Å². The lowest BCUT2D eigenvalue weighted by atomic mass is 9.97. The van der Waals surface area contributed by atoms with Crippen LogP contribution in [0.4, 0.5) is 11.6 Å². The second-order valence-corrected chi connectivity index (χ2v) is 10.1. The second kappa shape index (κ2) is 14.7. The number of carbonyl (C=O) groups excluding carboxylic acids is 2. The van der Waals surface area contributed by atoms with Crippen LogP contribution in [0.1, 0.15) is 52.7 Å². The zero-order chi connectivity index (χ0) is 32.7. The van der Waals surface area contributed by atoms with Crippen molar-refractivity contribution in [3.8, 4) is 45.6 Å². The van der Waals surface area contributed by atoms with E-state index in [1.54, 1.807) is 26.4 Å². The van der Waals surface area contributed by atoms with Crippen LogP contribution in [-0.4, -0.2) is 62.7 Å². The Kier molecular flexibility index (Phi) is 10.7. The normalized spacial score (nSPS) is 10.8. The maximum atomic E-state index is 12.0. The molecule has 0 N–H and O–H groups in total. The Labute approximate surface area is 262 Å². The van der Waals surface area contributed by atoms with Crippen molar-refractivity contribution in [2.24, 2.45) is 0 Å². The molecule has 0 unspecified atom stereocenters. The van der Waals surface area contributed by atoms with Gasteiger partial charge in [-0.1, -0.05) is 10.3 Å². The van der Waals surface area contributed by atoms with Crippen molar-refractivity contribution >= 4 is 23.6 Å². The number of hydrogen-bond donors (Lipinski definition) is 0. The highest BCUT2D eigenvalue weighted by Gasteiger charge is 2.23. The Morgan fingerprint density at radius 3 is 1.31 bits per heavy atom. The van der Waals surface area contributed by atoms with Crippen LogP contribution < -0.4 is 28.7 Å². The van der Waals surface area contributed by atoms with Crippen LogP contribution in [0.15, 0.2) is 45.4 Å². The fraction of sp³-hybridized carbons (Fsp3) is 0.394. The number of anilines is 2. The van der Waals surface area contributed by atoms with Gasteiger partial charge in [-0.25, -0.2) is 0 Å². The molecule has 4 aromatic rings. The molecule has 0 radical (unpaired) electrons. The predicted octanol–water partition coefficient (Wildman–Crippen LogP) is 6.15. The molecule has 45 heavy (non-hydrogen) atoms. The average molecular weight is 621 g/mol. The van der Waals surface area contributed by atoms with Gasteiger partial charge in [0.15, 0.2) is 23.2 Å². The minimum Gasteiger partial charge on any atom is -0.496 e. The van der Waals surface area contributed by atoms with E-state index in [1.165, 1.54) is 13.8 Å². The minimum absolute atomic E-state index is 0.272. The molecular weight excluding hydrogens is 580 g/mol. The van der Waals surface area contributed by atoms with Gasteiger partial charge in [-0.3, -0.25) is 9.59 Å². The summed E-state index contributed by atoms with van der Waals surface area (Å²) in [5.41, 5.74) is 2.55. The second-order valence-electron chi connectivity index (χ2n) is 10.1. The molecule has 0 atom stereocenters. The van der Waals surface area contributed by atoms with E-state index in [1.807, 2.05) is 52.0 Å². The van der Waals surface area contributed by atoms with E-state index in [0.29, 0.717) is 52.2 Å². The van der Waals surface area contributed by atoms with Gasteiger partial charge in [0.1, 0.15) is 23.0 Å². The maximum Gasteiger partial charge on any atom is 0.308 e. The van der Waals surface area contributed by atoms with Crippen LogP contribution in [0, 0.1) is 0 Å². The summed E-state index contributed by atoms with van der Waals surface area (Å²) in [6.07, 6.45) is 0.321. The van der Waals surface area contributed by atoms with E-state index in [0.717, 1.165) is 37.3 Å². The summed E-state index contributed by atoms with van der Waals surface area (Å²) in [7, 11) is 3.08. The topological polar surface area (TPSA) is 130 Å². The zero-order valence-electron chi connectivity index (χ0n) is 27.1. The first kappa shape index (κ1) is 32.9. The molecule has 0 saturated carbocycles. The molecule has 2 aromatic heterocycles. The van der Waals surface area contributed by atoms with Crippen molar-refractivity contribution in [3.05, 3.63) is 47.5 Å². The summed E-state index contributed by atoms with van der Waals surface area (Å²) in [5.74, 6) is 2.73. The number of carbonyl (C=O) groups is 2. The van der Waals surface area contributed by atoms with Gasteiger partial charge in [-0.15, -0.1) is 0 Å². The third kappa shape index (κ3) is 7.39. The molecule has 0 saturated heterocycles. The molecule has 2 heterocycles. The first-order chi connectivity index (χ1) is 21.6. The lowest BCUT2D eigenvalue weighted by Gasteiger charge is -2.17. The zero-order valence-corrected chi connectivity index (χ0v) is 27.1. The number of methoxy groups -OCH3 is 2. The number of esters is 2. The first-order valence-corrected chi connectivity index (χ1v) is 14.9. The monoisotopic (exact) mass is 620 g/mol. The standard InChI is InChI=1S/C33H40N4O8/c1-9-36(10-2)32-18-30(44-34-32)24-14-22(26(40-7)16-28(24)42-20(5)38)13-23-15-25(29(43-21(6)39)17-27(23)41-8)31-19-33(35-45-31)37(11-3)12-4/h14-19H,9-13H2,1-8H3. The van der Waals surface area contributed by atoms with Crippen LogP contribution >= 0.6 is 0 Å². The van der Waals surface area contributed by atoms with Gasteiger partial charge < -0.3 is 37.8 Å². The number of nitrogens with zero attached hydrogens (tertiary/aromatic N) is 4. The molecule has 12 nitrogen and oxygen atoms in total. The predicted molar refractivity (Wildman–Crippen MR) is 170 cm³/mol. The van der Waals surface area contributed by atoms with Crippen LogP contribution in [-0.2, 0) is 16.0 Å². The number of benzene rings is 2. The van der Waals surface area contributed by atoms with Crippen molar-refractivity contribution in [3.63, 3.8) is 0 Å². The summed E-state index contributed by atoms with van der Waals surface area (Å²) in [6.45, 7) is 13.8. The molecule has 12 heteroatoms. The minimum atomic E-state index is -0.488. The Morgan fingerprint density at radius 2 is 1.00 bits per heavy atom. The Bertz CT molecular complexity index is 1520. The molecule has 0 amide bonds. The fourth-order valence-corrected chi connectivity index (χ4v) is 5.12. The summed E-state index contributed by atoms with van der Waals surface area (Å²) in [6, 6.07) is 10.6. The van der Waals surface area contributed by atoms with Crippen LogP contribution in [0.3, 0.4) is 0 Å². The number of rotatable bonds is 14. The molecule has 0 aliphatic carbocycles. The largest absolute Gasteiger partial charge is 0.496 e. The Hall–Kier alpha value is -5.00. The molecule has 4 rings (SSSR count). The van der Waals surface area contributed by atoms with Gasteiger partial charge in [0.2, 0.25) is 0 Å². The van der Waals surface area contributed by atoms with Gasteiger partial charge in [0.25, 0.3) is 0 Å². The number of ether oxygens (including phenoxy) is 4. The number of aromatic nitrogens is 2. The molecule has 0 aliphatic heterocycles. The SMILES string of the molecule is CCN(CC)c1cc(-c2cc(Cc3cc(-c4cc(N(CC)CC)no4)c(OC(C)=O)cc3OC)c(OC)cc2OC(C)=O)on1. The Balaban J connectivity index is 1.85. The molecular formula is C33H40N4O8. The molecule has 240 valence electrons. The van der Waals surface area contributed by atoms with Crippen molar-refractivity contribution in [1.82, 2.24) is 10.3 Å². The van der Waals surface area contributed by atoms with Crippen molar-refractivity contribution < 1.29 is 37.6 Å². The van der Waals surface area contributed by atoms with E-state index >= 15 is 0 Å². The maximum absolute atomic E-state index is 12.0. The van der Waals surface area contributed by atoms with Crippen LogP contribution in [0.2, 0.25) is 0 Å². The van der Waals surface area contributed by atoms with Gasteiger partial charge in [0, 0.05) is 70.7 Å². The van der Waals surface area contributed by atoms with Crippen molar-refractivity contribution in [1.29, 1.82) is 0 Å². The van der Waals surface area contributed by atoms with Gasteiger partial charge >= 0.3 is 11.9 Å². The molecule has 2 aromatic carbocycles. The van der Waals surface area contributed by atoms with Crippen molar-refractivity contribution in [2.75, 3.05) is 50.2 Å². The molecule has 0 aliphatic rings. The number of hydrogen-bond acceptors (Lipinski definition) is 12. The fourth-order valence-electron chi connectivity index (χ4n) is 5.12. The molecule has 0 spiro atoms. The highest BCUT2D eigenvalue weighted by molar-refractivity contribution is 5.79. The lowest BCUT2D eigenvalue weighted by molar-refractivity contribution is -0.132. The third-order valence-electron chi connectivity index (χ3n) is 7.35. The van der Waals surface area contributed by atoms with E-state index in [4.69, 9.17) is 28.0 Å². The quantitative estimate of drug-likeness (QED) is 0.118. The van der Waals surface area contributed by atoms with E-state index in [-0.39, 0.29) is 11.5 Å².